The van der Waals surface area contributed by atoms with E-state index in [1.54, 1.807) is 26.0 Å². The molecule has 0 radical (unpaired) electrons. The monoisotopic (exact) mass is 243 g/mol. The van der Waals surface area contributed by atoms with Crippen molar-refractivity contribution in [2.45, 2.75) is 38.3 Å². The van der Waals surface area contributed by atoms with Gasteiger partial charge in [0.25, 0.3) is 0 Å². The van der Waals surface area contributed by atoms with Crippen molar-refractivity contribution in [1.82, 2.24) is 4.72 Å². The molecule has 0 spiro atoms. The van der Waals surface area contributed by atoms with E-state index in [0.717, 1.165) is 5.56 Å². The summed E-state index contributed by atoms with van der Waals surface area (Å²) in [6.45, 7) is 5.20. The molecule has 0 aliphatic heterocycles. The smallest absolute Gasteiger partial charge is 0.240 e. The van der Waals surface area contributed by atoms with Gasteiger partial charge in [-0.2, -0.15) is 0 Å². The van der Waals surface area contributed by atoms with Crippen LogP contribution >= 0.6 is 0 Å². The van der Waals surface area contributed by atoms with Crippen LogP contribution in [0.3, 0.4) is 0 Å². The molecule has 0 aromatic heterocycles. The van der Waals surface area contributed by atoms with Crippen molar-refractivity contribution in [2.75, 3.05) is 0 Å². The molecule has 1 aromatic rings. The number of aliphatic hydroxyl groups excluding tert-OH is 1. The molecule has 0 bridgehead atoms. The van der Waals surface area contributed by atoms with Crippen molar-refractivity contribution in [1.29, 1.82) is 0 Å². The molecule has 0 heterocycles. The number of hydrogen-bond acceptors (Lipinski definition) is 3. The SMILES string of the molecule is Cc1ccc(S(=O)(=O)NC(C)C)cc1CO. The average molecular weight is 243 g/mol. The summed E-state index contributed by atoms with van der Waals surface area (Å²) in [4.78, 5) is 0.191. The molecule has 1 aromatic carbocycles. The molecule has 1 rings (SSSR count). The van der Waals surface area contributed by atoms with Crippen molar-refractivity contribution in [3.63, 3.8) is 0 Å². The van der Waals surface area contributed by atoms with Crippen LogP contribution in [0.4, 0.5) is 0 Å². The van der Waals surface area contributed by atoms with Crippen LogP contribution in [-0.2, 0) is 16.6 Å². The van der Waals surface area contributed by atoms with E-state index in [1.165, 1.54) is 6.07 Å². The molecule has 0 amide bonds. The van der Waals surface area contributed by atoms with Gasteiger partial charge in [-0.05, 0) is 44.0 Å². The Morgan fingerprint density at radius 2 is 2.00 bits per heavy atom. The lowest BCUT2D eigenvalue weighted by molar-refractivity contribution is 0.280. The number of sulfonamides is 1. The average Bonchev–Trinajstić information content (AvgIpc) is 2.16. The third-order valence-corrected chi connectivity index (χ3v) is 3.85. The number of nitrogens with one attached hydrogen (secondary N) is 1. The van der Waals surface area contributed by atoms with Gasteiger partial charge in [0.05, 0.1) is 11.5 Å². The molecular formula is C11H17NO3S. The van der Waals surface area contributed by atoms with Crippen LogP contribution < -0.4 is 4.72 Å². The van der Waals surface area contributed by atoms with E-state index in [4.69, 9.17) is 5.11 Å². The minimum absolute atomic E-state index is 0.149. The first-order chi connectivity index (χ1) is 7.36. The Kier molecular flexibility index (Phi) is 4.07. The van der Waals surface area contributed by atoms with Gasteiger partial charge in [0.1, 0.15) is 0 Å². The topological polar surface area (TPSA) is 66.4 Å². The molecule has 5 heteroatoms. The minimum atomic E-state index is -3.47. The number of rotatable bonds is 4. The Morgan fingerprint density at radius 3 is 2.50 bits per heavy atom. The highest BCUT2D eigenvalue weighted by atomic mass is 32.2. The lowest BCUT2D eigenvalue weighted by Gasteiger charge is -2.11. The Hall–Kier alpha value is -0.910. The minimum Gasteiger partial charge on any atom is -0.392 e. The van der Waals surface area contributed by atoms with Crippen LogP contribution in [0.5, 0.6) is 0 Å². The molecule has 4 nitrogen and oxygen atoms in total. The van der Waals surface area contributed by atoms with Crippen LogP contribution in [-0.4, -0.2) is 19.6 Å². The third-order valence-electron chi connectivity index (χ3n) is 2.19. The molecule has 0 saturated heterocycles. The highest BCUT2D eigenvalue weighted by Crippen LogP contribution is 2.15. The zero-order chi connectivity index (χ0) is 12.3. The molecule has 0 unspecified atom stereocenters. The van der Waals surface area contributed by atoms with Gasteiger partial charge in [0.15, 0.2) is 0 Å². The number of hydrogen-bond donors (Lipinski definition) is 2. The second-order valence-electron chi connectivity index (χ2n) is 4.02. The first-order valence-electron chi connectivity index (χ1n) is 5.09. The van der Waals surface area contributed by atoms with Gasteiger partial charge in [-0.3, -0.25) is 0 Å². The van der Waals surface area contributed by atoms with E-state index in [-0.39, 0.29) is 17.5 Å². The Bertz CT molecular complexity index is 466. The summed E-state index contributed by atoms with van der Waals surface area (Å²) in [7, 11) is -3.47. The normalized spacial score (nSPS) is 12.1. The molecular weight excluding hydrogens is 226 g/mol. The zero-order valence-corrected chi connectivity index (χ0v) is 10.5. The summed E-state index contributed by atoms with van der Waals surface area (Å²) in [5.41, 5.74) is 1.51. The van der Waals surface area contributed by atoms with Gasteiger partial charge in [-0.15, -0.1) is 0 Å². The summed E-state index contributed by atoms with van der Waals surface area (Å²) in [5, 5.41) is 9.08. The fourth-order valence-electron chi connectivity index (χ4n) is 1.36. The summed E-state index contributed by atoms with van der Waals surface area (Å²) < 4.78 is 26.2. The van der Waals surface area contributed by atoms with Crippen LogP contribution in [0.15, 0.2) is 23.1 Å². The maximum Gasteiger partial charge on any atom is 0.240 e. The van der Waals surface area contributed by atoms with Crippen molar-refractivity contribution in [2.24, 2.45) is 0 Å². The van der Waals surface area contributed by atoms with E-state index in [1.807, 2.05) is 6.92 Å². The van der Waals surface area contributed by atoms with Gasteiger partial charge >= 0.3 is 0 Å². The molecule has 90 valence electrons. The highest BCUT2D eigenvalue weighted by molar-refractivity contribution is 7.89. The highest BCUT2D eigenvalue weighted by Gasteiger charge is 2.15. The fraction of sp³-hybridized carbons (Fsp3) is 0.455. The molecule has 16 heavy (non-hydrogen) atoms. The van der Waals surface area contributed by atoms with Crippen LogP contribution in [0.1, 0.15) is 25.0 Å². The van der Waals surface area contributed by atoms with Crippen molar-refractivity contribution in [3.05, 3.63) is 29.3 Å². The molecule has 0 saturated carbocycles. The van der Waals surface area contributed by atoms with E-state index >= 15 is 0 Å². The fourth-order valence-corrected chi connectivity index (χ4v) is 2.66. The third kappa shape index (κ3) is 3.04. The summed E-state index contributed by atoms with van der Waals surface area (Å²) in [5.74, 6) is 0. The van der Waals surface area contributed by atoms with Crippen molar-refractivity contribution in [3.8, 4) is 0 Å². The largest absolute Gasteiger partial charge is 0.392 e. The first-order valence-corrected chi connectivity index (χ1v) is 6.58. The Morgan fingerprint density at radius 1 is 1.38 bits per heavy atom. The maximum absolute atomic E-state index is 11.8. The Balaban J connectivity index is 3.14. The molecule has 2 N–H and O–H groups in total. The lowest BCUT2D eigenvalue weighted by atomic mass is 10.1. The van der Waals surface area contributed by atoms with E-state index < -0.39 is 10.0 Å². The van der Waals surface area contributed by atoms with Gasteiger partial charge in [-0.25, -0.2) is 13.1 Å². The van der Waals surface area contributed by atoms with E-state index in [2.05, 4.69) is 4.72 Å². The quantitative estimate of drug-likeness (QED) is 0.834. The predicted molar refractivity (Wildman–Crippen MR) is 62.6 cm³/mol. The Labute approximate surface area is 96.4 Å². The van der Waals surface area contributed by atoms with Gasteiger partial charge in [-0.1, -0.05) is 6.07 Å². The summed E-state index contributed by atoms with van der Waals surface area (Å²) in [6, 6.07) is 4.59. The van der Waals surface area contributed by atoms with E-state index in [0.29, 0.717) is 5.56 Å². The number of aryl methyl sites for hydroxylation is 1. The second-order valence-corrected chi connectivity index (χ2v) is 5.74. The van der Waals surface area contributed by atoms with Gasteiger partial charge in [0.2, 0.25) is 10.0 Å². The molecule has 0 aliphatic rings. The molecule has 0 aliphatic carbocycles. The first kappa shape index (κ1) is 13.2. The number of benzene rings is 1. The van der Waals surface area contributed by atoms with Gasteiger partial charge < -0.3 is 5.11 Å². The summed E-state index contributed by atoms with van der Waals surface area (Å²) in [6.07, 6.45) is 0. The van der Waals surface area contributed by atoms with Gasteiger partial charge in [0, 0.05) is 6.04 Å². The zero-order valence-electron chi connectivity index (χ0n) is 9.69. The number of aliphatic hydroxyl groups is 1. The standard InChI is InChI=1S/C11H17NO3S/c1-8(2)12-16(14,15)11-5-4-9(3)10(6-11)7-13/h4-6,8,12-13H,7H2,1-3H3. The van der Waals surface area contributed by atoms with Crippen LogP contribution in [0.2, 0.25) is 0 Å². The molecule has 0 atom stereocenters. The summed E-state index contributed by atoms with van der Waals surface area (Å²) >= 11 is 0. The lowest BCUT2D eigenvalue weighted by Crippen LogP contribution is -2.30. The van der Waals surface area contributed by atoms with E-state index in [9.17, 15) is 8.42 Å². The second kappa shape index (κ2) is 4.95. The van der Waals surface area contributed by atoms with Crippen molar-refractivity contribution >= 4 is 10.0 Å². The van der Waals surface area contributed by atoms with Crippen LogP contribution in [0.25, 0.3) is 0 Å². The van der Waals surface area contributed by atoms with Crippen LogP contribution in [0, 0.1) is 6.92 Å². The van der Waals surface area contributed by atoms with Crippen molar-refractivity contribution < 1.29 is 13.5 Å². The maximum atomic E-state index is 11.8. The molecule has 0 fully saturated rings. The predicted octanol–water partition coefficient (Wildman–Crippen LogP) is 1.17.